The van der Waals surface area contributed by atoms with Crippen molar-refractivity contribution in [2.24, 2.45) is 34.5 Å². The molecule has 0 nitrogen and oxygen atoms in total. The molecule has 0 radical (unpaired) electrons. The van der Waals surface area contributed by atoms with Crippen LogP contribution in [-0.2, 0) is 0 Å². The van der Waals surface area contributed by atoms with Gasteiger partial charge in [0, 0.05) is 0 Å². The third kappa shape index (κ3) is 4.16. The van der Waals surface area contributed by atoms with E-state index >= 15 is 0 Å². The predicted molar refractivity (Wildman–Crippen MR) is 118 cm³/mol. The first-order chi connectivity index (χ1) is 13.2. The molecule has 0 heterocycles. The quantitative estimate of drug-likeness (QED) is 0.391. The van der Waals surface area contributed by atoms with Crippen LogP contribution in [0, 0.1) is 34.5 Å². The lowest BCUT2D eigenvalue weighted by Gasteiger charge is -2.60. The van der Waals surface area contributed by atoms with Crippen LogP contribution in [0.2, 0.25) is 0 Å². The van der Waals surface area contributed by atoms with Crippen LogP contribution in [0.25, 0.3) is 0 Å². The number of rotatable bonds is 7. The molecule has 0 aromatic carbocycles. The van der Waals surface area contributed by atoms with Gasteiger partial charge in [0.25, 0.3) is 0 Å². The first-order valence-corrected chi connectivity index (χ1v) is 13.2. The van der Waals surface area contributed by atoms with Crippen molar-refractivity contribution in [2.75, 3.05) is 0 Å². The summed E-state index contributed by atoms with van der Waals surface area (Å²) in [4.78, 5) is 0. The van der Waals surface area contributed by atoms with Crippen molar-refractivity contribution in [2.45, 2.75) is 136 Å². The van der Waals surface area contributed by atoms with Crippen molar-refractivity contribution in [3.8, 4) is 0 Å². The van der Waals surface area contributed by atoms with Crippen molar-refractivity contribution in [3.05, 3.63) is 0 Å². The summed E-state index contributed by atoms with van der Waals surface area (Å²) in [5.74, 6) is 4.36. The molecule has 156 valence electrons. The zero-order valence-electron chi connectivity index (χ0n) is 18.7. The van der Waals surface area contributed by atoms with Crippen LogP contribution in [0.4, 0.5) is 0 Å². The zero-order chi connectivity index (χ0) is 18.7. The van der Waals surface area contributed by atoms with Crippen molar-refractivity contribution in [1.29, 1.82) is 0 Å². The smallest absolute Gasteiger partial charge is 0.0269 e. The Morgan fingerprint density at radius 3 is 1.41 bits per heavy atom. The summed E-state index contributed by atoms with van der Waals surface area (Å²) in [7, 11) is 0. The first kappa shape index (κ1) is 20.3. The highest BCUT2D eigenvalue weighted by molar-refractivity contribution is 5.05. The van der Waals surface area contributed by atoms with Gasteiger partial charge in [-0.2, -0.15) is 0 Å². The Hall–Kier alpha value is 0. The fourth-order valence-corrected chi connectivity index (χ4v) is 8.40. The first-order valence-electron chi connectivity index (χ1n) is 13.2. The van der Waals surface area contributed by atoms with Gasteiger partial charge >= 0.3 is 0 Å². The Morgan fingerprint density at radius 2 is 1.00 bits per heavy atom. The summed E-state index contributed by atoms with van der Waals surface area (Å²) < 4.78 is 0. The van der Waals surface area contributed by atoms with Gasteiger partial charge in [0.05, 0.1) is 0 Å². The minimum Gasteiger partial charge on any atom is -0.0654 e. The summed E-state index contributed by atoms with van der Waals surface area (Å²) in [5, 5.41) is 0. The van der Waals surface area contributed by atoms with E-state index in [1.165, 1.54) is 32.1 Å². The third-order valence-corrected chi connectivity index (χ3v) is 10.6. The fraction of sp³-hybridized carbons (Fsp3) is 1.00. The molecular formula is C27H48. The van der Waals surface area contributed by atoms with E-state index in [1.54, 1.807) is 89.9 Å². The molecule has 0 heteroatoms. The van der Waals surface area contributed by atoms with Crippen LogP contribution in [0.5, 0.6) is 0 Å². The monoisotopic (exact) mass is 372 g/mol. The Labute approximate surface area is 170 Å². The average molecular weight is 373 g/mol. The van der Waals surface area contributed by atoms with Gasteiger partial charge in [-0.1, -0.05) is 71.6 Å². The van der Waals surface area contributed by atoms with Gasteiger partial charge in [0.2, 0.25) is 0 Å². The predicted octanol–water partition coefficient (Wildman–Crippen LogP) is 8.93. The largest absolute Gasteiger partial charge is 0.0654 e. The summed E-state index contributed by atoms with van der Waals surface area (Å²) in [6.45, 7) is 4.76. The van der Waals surface area contributed by atoms with Crippen LogP contribution in [0.15, 0.2) is 0 Å². The standard InChI is InChI=1S/C27H48/c1-3-5-6-7-23-10-14-25(15-11-23)27-19-16-26(17-20-27,18-21-27)24-12-8-22(4-2)9-13-24/h22-25H,3-21H2,1-2H3/t22-,23-,24-,25-,26?,27?. The molecule has 5 rings (SSSR count). The topological polar surface area (TPSA) is 0 Å². The van der Waals surface area contributed by atoms with Crippen LogP contribution in [0.3, 0.4) is 0 Å². The molecular weight excluding hydrogens is 324 g/mol. The molecule has 0 aromatic heterocycles. The molecule has 0 aliphatic heterocycles. The van der Waals surface area contributed by atoms with Gasteiger partial charge in [-0.3, -0.25) is 0 Å². The molecule has 2 bridgehead atoms. The van der Waals surface area contributed by atoms with E-state index in [1.807, 2.05) is 0 Å². The number of fused-ring (bicyclic) bond motifs is 3. The minimum absolute atomic E-state index is 0.802. The molecule has 0 unspecified atom stereocenters. The van der Waals surface area contributed by atoms with E-state index in [-0.39, 0.29) is 0 Å². The molecule has 5 fully saturated rings. The molecule has 5 aliphatic carbocycles. The second-order valence-electron chi connectivity index (χ2n) is 11.6. The number of unbranched alkanes of at least 4 members (excludes halogenated alkanes) is 2. The maximum Gasteiger partial charge on any atom is -0.0269 e. The highest BCUT2D eigenvalue weighted by Gasteiger charge is 2.54. The van der Waals surface area contributed by atoms with Crippen molar-refractivity contribution < 1.29 is 0 Å². The highest BCUT2D eigenvalue weighted by Crippen LogP contribution is 2.66. The molecule has 0 amide bonds. The molecule has 0 N–H and O–H groups in total. The second-order valence-corrected chi connectivity index (χ2v) is 11.6. The van der Waals surface area contributed by atoms with E-state index in [2.05, 4.69) is 13.8 Å². The molecule has 0 aromatic rings. The van der Waals surface area contributed by atoms with Crippen molar-refractivity contribution in [3.63, 3.8) is 0 Å². The zero-order valence-corrected chi connectivity index (χ0v) is 18.7. The third-order valence-electron chi connectivity index (χ3n) is 10.6. The van der Waals surface area contributed by atoms with E-state index in [0.717, 1.165) is 34.5 Å². The summed E-state index contributed by atoms with van der Waals surface area (Å²) >= 11 is 0. The fourth-order valence-electron chi connectivity index (χ4n) is 8.40. The van der Waals surface area contributed by atoms with Gasteiger partial charge < -0.3 is 0 Å². The number of hydrogen-bond donors (Lipinski definition) is 0. The van der Waals surface area contributed by atoms with Crippen LogP contribution >= 0.6 is 0 Å². The summed E-state index contributed by atoms with van der Waals surface area (Å²) in [6, 6.07) is 0. The normalized spacial score (nSPS) is 45.1. The summed E-state index contributed by atoms with van der Waals surface area (Å²) in [5.41, 5.74) is 1.61. The van der Waals surface area contributed by atoms with Gasteiger partial charge in [-0.05, 0) is 98.7 Å². The Bertz CT molecular complexity index is 422. The van der Waals surface area contributed by atoms with Crippen LogP contribution in [-0.4, -0.2) is 0 Å². The Balaban J connectivity index is 1.27. The highest BCUT2D eigenvalue weighted by atomic mass is 14.6. The average Bonchev–Trinajstić information content (AvgIpc) is 2.76. The molecule has 27 heavy (non-hydrogen) atoms. The number of hydrogen-bond acceptors (Lipinski definition) is 0. The Morgan fingerprint density at radius 1 is 0.556 bits per heavy atom. The minimum atomic E-state index is 0.802. The van der Waals surface area contributed by atoms with Gasteiger partial charge in [0.1, 0.15) is 0 Å². The molecule has 5 aliphatic rings. The second kappa shape index (κ2) is 8.79. The Kier molecular flexibility index (Phi) is 6.60. The maximum absolute atomic E-state index is 2.41. The van der Waals surface area contributed by atoms with Gasteiger partial charge in [-0.25, -0.2) is 0 Å². The molecule has 0 saturated heterocycles. The van der Waals surface area contributed by atoms with Crippen molar-refractivity contribution in [1.82, 2.24) is 0 Å². The van der Waals surface area contributed by atoms with Crippen molar-refractivity contribution >= 4 is 0 Å². The van der Waals surface area contributed by atoms with Gasteiger partial charge in [0.15, 0.2) is 0 Å². The SMILES string of the molecule is CCCCC[C@H]1CC[C@H](C23CCC([C@H]4CC[C@H](CC)CC4)(CC2)CC3)CC1. The molecule has 0 atom stereocenters. The lowest BCUT2D eigenvalue weighted by molar-refractivity contribution is -0.0958. The van der Waals surface area contributed by atoms with Gasteiger partial charge in [-0.15, -0.1) is 0 Å². The van der Waals surface area contributed by atoms with Crippen LogP contribution in [0.1, 0.15) is 136 Å². The van der Waals surface area contributed by atoms with E-state index in [0.29, 0.717) is 0 Å². The van der Waals surface area contributed by atoms with E-state index < -0.39 is 0 Å². The van der Waals surface area contributed by atoms with Crippen LogP contribution < -0.4 is 0 Å². The lowest BCUT2D eigenvalue weighted by atomic mass is 9.45. The van der Waals surface area contributed by atoms with E-state index in [4.69, 9.17) is 0 Å². The van der Waals surface area contributed by atoms with E-state index in [9.17, 15) is 0 Å². The maximum atomic E-state index is 2.41. The molecule has 5 saturated carbocycles. The lowest BCUT2D eigenvalue weighted by Crippen LogP contribution is -2.49. The molecule has 0 spiro atoms. The summed E-state index contributed by atoms with van der Waals surface area (Å²) in [6.07, 6.45) is 29.6.